The molecule has 1 aromatic rings. The fraction of sp³-hybridized carbons (Fsp3) is 0.565. The Kier molecular flexibility index (Phi) is 21.2. The Morgan fingerprint density at radius 2 is 1.32 bits per heavy atom. The summed E-state index contributed by atoms with van der Waals surface area (Å²) >= 11 is 0. The first-order valence-electron chi connectivity index (χ1n) is 9.38. The maximum Gasteiger partial charge on any atom is 0.490 e. The number of aliphatic imine (C=N–C) groups is 1. The minimum absolute atomic E-state index is 0. The molecule has 0 saturated heterocycles. The Balaban J connectivity index is -0.000000167. The van der Waals surface area contributed by atoms with E-state index in [0.717, 1.165) is 29.8 Å². The van der Waals surface area contributed by atoms with E-state index >= 15 is 0 Å². The normalized spacial score (nSPS) is 10.7. The number of aldehydes is 1. The number of rotatable bonds is 2. The van der Waals surface area contributed by atoms with Gasteiger partial charge in [-0.3, -0.25) is 9.98 Å². The Bertz CT molecular complexity index is 712. The van der Waals surface area contributed by atoms with Crippen molar-refractivity contribution >= 4 is 18.0 Å². The summed E-state index contributed by atoms with van der Waals surface area (Å²) in [6.07, 6.45) is -1.27. The first kappa shape index (κ1) is 35.9. The fourth-order valence-electron chi connectivity index (χ4n) is 1.69. The number of carbonyl (C=O) groups is 2. The van der Waals surface area contributed by atoms with E-state index in [-0.39, 0.29) is 7.43 Å². The van der Waals surface area contributed by atoms with Crippen LogP contribution >= 0.6 is 0 Å². The summed E-state index contributed by atoms with van der Waals surface area (Å²) in [4.78, 5) is 26.4. The lowest BCUT2D eigenvalue weighted by Crippen LogP contribution is -2.21. The SMILES string of the molecule is C.C/C=C(\C)N=C(C)CC.CC=O.Cc1nc(C)c(C)c(C)c1C.O=C(O)C(F)(F)F. The standard InChI is InChI=1S/C10H15N.C8H15N.C2HF3O2.C2H4O.CH4/c1-6-7(2)9(4)11-10(5)8(6)3;1-5-7(3)9-8(4)6-2;3-2(4,5)1(6)7;1-2-3;/h1-5H3;5H,6H2,1-4H3;(H,6,7);2H,1H3;1H4/b;7-5+,9-8?;;;. The van der Waals surface area contributed by atoms with Gasteiger partial charge in [0.15, 0.2) is 0 Å². The van der Waals surface area contributed by atoms with Gasteiger partial charge in [0.05, 0.1) is 0 Å². The molecule has 0 unspecified atom stereocenters. The molecule has 8 heteroatoms. The Morgan fingerprint density at radius 3 is 1.55 bits per heavy atom. The molecule has 31 heavy (non-hydrogen) atoms. The van der Waals surface area contributed by atoms with Gasteiger partial charge in [-0.15, -0.1) is 0 Å². The van der Waals surface area contributed by atoms with Crippen molar-refractivity contribution in [2.45, 2.75) is 89.3 Å². The summed E-state index contributed by atoms with van der Waals surface area (Å²) in [6, 6.07) is 0. The highest BCUT2D eigenvalue weighted by molar-refractivity contribution is 5.82. The van der Waals surface area contributed by atoms with Crippen LogP contribution in [0.5, 0.6) is 0 Å². The molecule has 1 N–H and O–H groups in total. The molecule has 5 nitrogen and oxygen atoms in total. The number of alkyl halides is 3. The number of carbonyl (C=O) groups excluding carboxylic acids is 1. The molecular weight excluding hydrogens is 409 g/mol. The van der Waals surface area contributed by atoms with Gasteiger partial charge < -0.3 is 9.90 Å². The van der Waals surface area contributed by atoms with Crippen molar-refractivity contribution in [2.75, 3.05) is 0 Å². The van der Waals surface area contributed by atoms with E-state index in [1.165, 1.54) is 29.3 Å². The number of hydrogen-bond donors (Lipinski definition) is 1. The van der Waals surface area contributed by atoms with Gasteiger partial charge in [-0.05, 0) is 85.4 Å². The van der Waals surface area contributed by atoms with E-state index < -0.39 is 12.1 Å². The highest BCUT2D eigenvalue weighted by atomic mass is 19.4. The van der Waals surface area contributed by atoms with E-state index in [9.17, 15) is 13.2 Å². The van der Waals surface area contributed by atoms with Crippen LogP contribution in [0.25, 0.3) is 0 Å². The monoisotopic (exact) mass is 448 g/mol. The zero-order valence-corrected chi connectivity index (χ0v) is 19.7. The van der Waals surface area contributed by atoms with Crippen LogP contribution in [-0.2, 0) is 9.59 Å². The van der Waals surface area contributed by atoms with Crippen molar-refractivity contribution in [2.24, 2.45) is 4.99 Å². The number of carboxylic acids is 1. The number of aliphatic carboxylic acids is 1. The van der Waals surface area contributed by atoms with Gasteiger partial charge in [-0.2, -0.15) is 13.2 Å². The summed E-state index contributed by atoms with van der Waals surface area (Å²) in [5.41, 5.74) is 8.66. The molecule has 1 aromatic heterocycles. The lowest BCUT2D eigenvalue weighted by atomic mass is 10.0. The summed E-state index contributed by atoms with van der Waals surface area (Å²) in [7, 11) is 0. The third-order valence-corrected chi connectivity index (χ3v) is 4.08. The third kappa shape index (κ3) is 18.0. The minimum atomic E-state index is -5.08. The van der Waals surface area contributed by atoms with Crippen molar-refractivity contribution in [1.82, 2.24) is 4.98 Å². The second-order valence-electron chi connectivity index (χ2n) is 6.33. The number of nitrogens with zero attached hydrogens (tertiary/aromatic N) is 2. The molecule has 1 heterocycles. The summed E-state index contributed by atoms with van der Waals surface area (Å²) in [5, 5.41) is 7.12. The molecule has 0 radical (unpaired) electrons. The van der Waals surface area contributed by atoms with E-state index in [1.807, 2.05) is 26.8 Å². The van der Waals surface area contributed by atoms with Crippen LogP contribution < -0.4 is 0 Å². The maximum absolute atomic E-state index is 10.6. The van der Waals surface area contributed by atoms with Crippen molar-refractivity contribution in [3.63, 3.8) is 0 Å². The Hall–Kier alpha value is -2.51. The Labute approximate surface area is 185 Å². The zero-order valence-electron chi connectivity index (χ0n) is 19.7. The van der Waals surface area contributed by atoms with Crippen LogP contribution in [0, 0.1) is 34.6 Å². The molecule has 0 fully saturated rings. The number of pyridine rings is 1. The van der Waals surface area contributed by atoms with Crippen molar-refractivity contribution in [3.8, 4) is 0 Å². The van der Waals surface area contributed by atoms with E-state index in [1.54, 1.807) is 0 Å². The first-order valence-corrected chi connectivity index (χ1v) is 9.38. The molecule has 0 aliphatic heterocycles. The minimum Gasteiger partial charge on any atom is -0.475 e. The van der Waals surface area contributed by atoms with Gasteiger partial charge in [-0.25, -0.2) is 4.79 Å². The quantitative estimate of drug-likeness (QED) is 0.395. The third-order valence-electron chi connectivity index (χ3n) is 4.08. The molecule has 0 aliphatic carbocycles. The topological polar surface area (TPSA) is 79.6 Å². The second-order valence-corrected chi connectivity index (χ2v) is 6.33. The number of aryl methyl sites for hydroxylation is 2. The van der Waals surface area contributed by atoms with Gasteiger partial charge in [0.1, 0.15) is 6.29 Å². The van der Waals surface area contributed by atoms with Crippen LogP contribution in [0.15, 0.2) is 16.8 Å². The maximum atomic E-state index is 10.6. The number of carboxylic acid groups (broad SMARTS) is 1. The van der Waals surface area contributed by atoms with Crippen LogP contribution in [0.2, 0.25) is 0 Å². The lowest BCUT2D eigenvalue weighted by molar-refractivity contribution is -0.192. The smallest absolute Gasteiger partial charge is 0.475 e. The van der Waals surface area contributed by atoms with Crippen molar-refractivity contribution in [1.29, 1.82) is 0 Å². The summed E-state index contributed by atoms with van der Waals surface area (Å²) in [5.74, 6) is -2.76. The number of hydrogen-bond acceptors (Lipinski definition) is 4. The average molecular weight is 449 g/mol. The van der Waals surface area contributed by atoms with Gasteiger partial charge in [0.2, 0.25) is 0 Å². The molecule has 0 atom stereocenters. The largest absolute Gasteiger partial charge is 0.490 e. The van der Waals surface area contributed by atoms with Gasteiger partial charge >= 0.3 is 12.1 Å². The predicted octanol–water partition coefficient (Wildman–Crippen LogP) is 6.88. The average Bonchev–Trinajstić information content (AvgIpc) is 2.65. The molecule has 0 saturated carbocycles. The second kappa shape index (κ2) is 18.3. The van der Waals surface area contributed by atoms with Crippen molar-refractivity contribution in [3.05, 3.63) is 39.9 Å². The van der Waals surface area contributed by atoms with E-state index in [2.05, 4.69) is 51.5 Å². The summed E-state index contributed by atoms with van der Waals surface area (Å²) < 4.78 is 31.7. The first-order chi connectivity index (χ1) is 13.6. The highest BCUT2D eigenvalue weighted by Crippen LogP contribution is 2.16. The van der Waals surface area contributed by atoms with Gasteiger partial charge in [0.25, 0.3) is 0 Å². The molecular formula is C23H39F3N2O3. The zero-order chi connectivity index (χ0) is 24.7. The lowest BCUT2D eigenvalue weighted by Gasteiger charge is -2.09. The number of allylic oxidation sites excluding steroid dienone is 2. The van der Waals surface area contributed by atoms with Crippen LogP contribution in [0.3, 0.4) is 0 Å². The van der Waals surface area contributed by atoms with Gasteiger partial charge in [-0.1, -0.05) is 20.4 Å². The van der Waals surface area contributed by atoms with Crippen LogP contribution in [-0.4, -0.2) is 34.2 Å². The molecule has 0 bridgehead atoms. The van der Waals surface area contributed by atoms with E-state index in [4.69, 9.17) is 14.7 Å². The molecule has 0 amide bonds. The van der Waals surface area contributed by atoms with Crippen LogP contribution in [0.4, 0.5) is 13.2 Å². The molecule has 0 aliphatic rings. The number of halogens is 3. The predicted molar refractivity (Wildman–Crippen MR) is 123 cm³/mol. The van der Waals surface area contributed by atoms with E-state index in [0.29, 0.717) is 0 Å². The van der Waals surface area contributed by atoms with Crippen molar-refractivity contribution < 1.29 is 27.9 Å². The molecule has 0 aromatic carbocycles. The molecule has 1 rings (SSSR count). The fourth-order valence-corrected chi connectivity index (χ4v) is 1.69. The number of aromatic nitrogens is 1. The Morgan fingerprint density at radius 1 is 1.00 bits per heavy atom. The molecule has 180 valence electrons. The highest BCUT2D eigenvalue weighted by Gasteiger charge is 2.38. The summed E-state index contributed by atoms with van der Waals surface area (Å²) in [6.45, 7) is 20.2. The van der Waals surface area contributed by atoms with Crippen LogP contribution in [0.1, 0.15) is 76.5 Å². The van der Waals surface area contributed by atoms with Gasteiger partial charge in [0, 0.05) is 22.8 Å². The molecule has 0 spiro atoms.